The normalized spacial score (nSPS) is 12.2. The zero-order chi connectivity index (χ0) is 16.2. The van der Waals surface area contributed by atoms with Crippen LogP contribution < -0.4 is 5.32 Å². The number of aliphatic carboxylic acids is 1. The van der Waals surface area contributed by atoms with Crippen molar-refractivity contribution in [3.63, 3.8) is 0 Å². The molecule has 0 aliphatic carbocycles. The molecule has 2 N–H and O–H groups in total. The average molecular weight is 302 g/mol. The summed E-state index contributed by atoms with van der Waals surface area (Å²) >= 11 is 0. The lowest BCUT2D eigenvalue weighted by molar-refractivity contribution is -0.386. The fourth-order valence-corrected chi connectivity index (χ4v) is 1.96. The Balaban J connectivity index is 2.96. The van der Waals surface area contributed by atoms with Crippen LogP contribution in [0, 0.1) is 33.6 Å². The van der Waals surface area contributed by atoms with Crippen LogP contribution in [0.5, 0.6) is 0 Å². The Morgan fingerprint density at radius 1 is 1.43 bits per heavy atom. The summed E-state index contributed by atoms with van der Waals surface area (Å²) in [5.74, 6) is -4.06. The molecule has 0 aliphatic rings. The van der Waals surface area contributed by atoms with E-state index in [0.29, 0.717) is 12.5 Å². The maximum absolute atomic E-state index is 13.4. The van der Waals surface area contributed by atoms with Crippen LogP contribution in [0.15, 0.2) is 12.1 Å². The van der Waals surface area contributed by atoms with Gasteiger partial charge >= 0.3 is 11.7 Å². The number of nitrogens with zero attached hydrogens (tertiary/aromatic N) is 1. The monoisotopic (exact) mass is 302 g/mol. The number of carboxylic acid groups (broad SMARTS) is 1. The molecule has 0 saturated carbocycles. The van der Waals surface area contributed by atoms with Gasteiger partial charge in [0.2, 0.25) is 5.82 Å². The van der Waals surface area contributed by atoms with E-state index >= 15 is 0 Å². The molecule has 1 rings (SSSR count). The summed E-state index contributed by atoms with van der Waals surface area (Å²) in [6.07, 6.45) is 0.341. The standard InChI is InChI=1S/C13H16F2N2O4/c1-7(2)3-8(13(18)19)6-16-11-5-9(14)4-10(15)12(11)17(20)21/h4-5,7-8,16H,3,6H2,1-2H3,(H,18,19). The Hall–Kier alpha value is -2.25. The molecule has 1 aromatic carbocycles. The first-order chi connectivity index (χ1) is 9.72. The van der Waals surface area contributed by atoms with Gasteiger partial charge in [0.05, 0.1) is 10.8 Å². The van der Waals surface area contributed by atoms with Crippen molar-refractivity contribution in [2.45, 2.75) is 20.3 Å². The molecule has 0 radical (unpaired) electrons. The van der Waals surface area contributed by atoms with Crippen molar-refractivity contribution in [3.05, 3.63) is 33.9 Å². The van der Waals surface area contributed by atoms with Crippen molar-refractivity contribution in [3.8, 4) is 0 Å². The van der Waals surface area contributed by atoms with Crippen molar-refractivity contribution in [2.24, 2.45) is 11.8 Å². The van der Waals surface area contributed by atoms with Crippen molar-refractivity contribution in [1.29, 1.82) is 0 Å². The molecule has 0 aromatic heterocycles. The van der Waals surface area contributed by atoms with E-state index in [2.05, 4.69) is 5.32 Å². The Morgan fingerprint density at radius 3 is 2.52 bits per heavy atom. The number of halogens is 2. The van der Waals surface area contributed by atoms with Crippen LogP contribution in [0.1, 0.15) is 20.3 Å². The third-order valence-electron chi connectivity index (χ3n) is 2.85. The predicted octanol–water partition coefficient (Wildman–Crippen LogP) is 3.03. The smallest absolute Gasteiger partial charge is 0.327 e. The van der Waals surface area contributed by atoms with Gasteiger partial charge in [-0.2, -0.15) is 4.39 Å². The molecule has 0 saturated heterocycles. The van der Waals surface area contributed by atoms with Gasteiger partial charge in [-0.25, -0.2) is 4.39 Å². The number of nitro groups is 1. The summed E-state index contributed by atoms with van der Waals surface area (Å²) in [4.78, 5) is 20.9. The van der Waals surface area contributed by atoms with Crippen LogP contribution >= 0.6 is 0 Å². The third kappa shape index (κ3) is 4.66. The van der Waals surface area contributed by atoms with Gasteiger partial charge in [0.1, 0.15) is 11.5 Å². The first-order valence-corrected chi connectivity index (χ1v) is 6.32. The molecule has 6 nitrogen and oxygen atoms in total. The van der Waals surface area contributed by atoms with Crippen LogP contribution in [0.2, 0.25) is 0 Å². The van der Waals surface area contributed by atoms with Gasteiger partial charge in [0, 0.05) is 18.7 Å². The SMILES string of the molecule is CC(C)CC(CNc1cc(F)cc(F)c1[N+](=O)[O-])C(=O)O. The zero-order valence-electron chi connectivity index (χ0n) is 11.6. The third-order valence-corrected chi connectivity index (χ3v) is 2.85. The Kier molecular flexibility index (Phi) is 5.57. The molecular formula is C13H16F2N2O4. The number of hydrogen-bond acceptors (Lipinski definition) is 4. The number of hydrogen-bond donors (Lipinski definition) is 2. The minimum atomic E-state index is -1.31. The largest absolute Gasteiger partial charge is 0.481 e. The molecular weight excluding hydrogens is 286 g/mol. The van der Waals surface area contributed by atoms with Crippen molar-refractivity contribution in [1.82, 2.24) is 0 Å². The Bertz CT molecular complexity index is 549. The minimum absolute atomic E-state index is 0.104. The van der Waals surface area contributed by atoms with Gasteiger partial charge in [0.25, 0.3) is 0 Å². The Morgan fingerprint density at radius 2 is 2.05 bits per heavy atom. The van der Waals surface area contributed by atoms with Crippen molar-refractivity contribution < 1.29 is 23.6 Å². The van der Waals surface area contributed by atoms with Gasteiger partial charge in [-0.15, -0.1) is 0 Å². The van der Waals surface area contributed by atoms with Crippen LogP contribution in [0.3, 0.4) is 0 Å². The van der Waals surface area contributed by atoms with E-state index in [1.54, 1.807) is 0 Å². The van der Waals surface area contributed by atoms with Crippen LogP contribution in [-0.4, -0.2) is 22.5 Å². The number of anilines is 1. The van der Waals surface area contributed by atoms with E-state index in [-0.39, 0.29) is 18.2 Å². The second kappa shape index (κ2) is 6.96. The van der Waals surface area contributed by atoms with Gasteiger partial charge in [-0.3, -0.25) is 14.9 Å². The van der Waals surface area contributed by atoms with E-state index in [4.69, 9.17) is 5.11 Å². The molecule has 1 unspecified atom stereocenters. The number of nitrogens with one attached hydrogen (secondary N) is 1. The first-order valence-electron chi connectivity index (χ1n) is 6.32. The molecule has 8 heteroatoms. The van der Waals surface area contributed by atoms with Crippen LogP contribution in [0.4, 0.5) is 20.2 Å². The minimum Gasteiger partial charge on any atom is -0.481 e. The molecule has 1 atom stereocenters. The van der Waals surface area contributed by atoms with Crippen molar-refractivity contribution in [2.75, 3.05) is 11.9 Å². The Labute approximate surface area is 119 Å². The maximum Gasteiger partial charge on any atom is 0.327 e. The lowest BCUT2D eigenvalue weighted by atomic mass is 9.97. The fourth-order valence-electron chi connectivity index (χ4n) is 1.96. The quantitative estimate of drug-likeness (QED) is 0.596. The van der Waals surface area contributed by atoms with Crippen LogP contribution in [0.25, 0.3) is 0 Å². The summed E-state index contributed by atoms with van der Waals surface area (Å²) in [6, 6.07) is 1.18. The molecule has 1 aromatic rings. The van der Waals surface area contributed by atoms with Crippen molar-refractivity contribution >= 4 is 17.3 Å². The average Bonchev–Trinajstić information content (AvgIpc) is 2.32. The van der Waals surface area contributed by atoms with E-state index in [1.165, 1.54) is 0 Å². The van der Waals surface area contributed by atoms with Gasteiger partial charge in [0.15, 0.2) is 0 Å². The first kappa shape index (κ1) is 16.8. The molecule has 0 fully saturated rings. The van der Waals surface area contributed by atoms with Gasteiger partial charge in [-0.05, 0) is 12.3 Å². The zero-order valence-corrected chi connectivity index (χ0v) is 11.6. The summed E-state index contributed by atoms with van der Waals surface area (Å²) < 4.78 is 26.6. The summed E-state index contributed by atoms with van der Waals surface area (Å²) in [6.45, 7) is 3.51. The lowest BCUT2D eigenvalue weighted by Crippen LogP contribution is -2.24. The second-order valence-electron chi connectivity index (χ2n) is 5.09. The lowest BCUT2D eigenvalue weighted by Gasteiger charge is -2.16. The highest BCUT2D eigenvalue weighted by Gasteiger charge is 2.24. The molecule has 0 amide bonds. The van der Waals surface area contributed by atoms with Gasteiger partial charge in [-0.1, -0.05) is 13.8 Å². The van der Waals surface area contributed by atoms with E-state index < -0.39 is 34.1 Å². The maximum atomic E-state index is 13.4. The topological polar surface area (TPSA) is 92.5 Å². The van der Waals surface area contributed by atoms with E-state index in [1.807, 2.05) is 13.8 Å². The molecule has 116 valence electrons. The molecule has 0 heterocycles. The number of nitro benzene ring substituents is 1. The molecule has 0 spiro atoms. The predicted molar refractivity (Wildman–Crippen MR) is 72.1 cm³/mol. The highest BCUT2D eigenvalue weighted by atomic mass is 19.1. The number of benzene rings is 1. The summed E-state index contributed by atoms with van der Waals surface area (Å²) in [7, 11) is 0. The fraction of sp³-hybridized carbons (Fsp3) is 0.462. The summed E-state index contributed by atoms with van der Waals surface area (Å²) in [5.41, 5.74) is -1.27. The number of carbonyl (C=O) groups is 1. The molecule has 0 aliphatic heterocycles. The van der Waals surface area contributed by atoms with Crippen LogP contribution in [-0.2, 0) is 4.79 Å². The highest BCUT2D eigenvalue weighted by Crippen LogP contribution is 2.29. The second-order valence-corrected chi connectivity index (χ2v) is 5.09. The summed E-state index contributed by atoms with van der Waals surface area (Å²) in [5, 5.41) is 22.3. The van der Waals surface area contributed by atoms with E-state index in [0.717, 1.165) is 6.07 Å². The number of carboxylic acids is 1. The van der Waals surface area contributed by atoms with E-state index in [9.17, 15) is 23.7 Å². The van der Waals surface area contributed by atoms with Gasteiger partial charge < -0.3 is 10.4 Å². The molecule has 21 heavy (non-hydrogen) atoms. The highest BCUT2D eigenvalue weighted by molar-refractivity contribution is 5.71. The molecule has 0 bridgehead atoms. The number of rotatable bonds is 7.